The van der Waals surface area contributed by atoms with E-state index in [1.807, 2.05) is 9.80 Å². The number of nitrogens with zero attached hydrogens (tertiary/aromatic N) is 5. The van der Waals surface area contributed by atoms with E-state index >= 15 is 0 Å². The van der Waals surface area contributed by atoms with Gasteiger partial charge in [-0.2, -0.15) is 5.10 Å². The Kier molecular flexibility index (Phi) is 4.63. The van der Waals surface area contributed by atoms with E-state index in [9.17, 15) is 9.59 Å². The van der Waals surface area contributed by atoms with Gasteiger partial charge in [-0.05, 0) is 24.7 Å². The van der Waals surface area contributed by atoms with E-state index in [-0.39, 0.29) is 24.4 Å². The summed E-state index contributed by atoms with van der Waals surface area (Å²) in [6, 6.07) is 0.102. The van der Waals surface area contributed by atoms with Crippen molar-refractivity contribution in [1.29, 1.82) is 0 Å². The fraction of sp³-hybridized carbons (Fsp3) is 0.750. The van der Waals surface area contributed by atoms with Crippen LogP contribution in [0, 0.1) is 11.8 Å². The van der Waals surface area contributed by atoms with Crippen molar-refractivity contribution in [3.05, 3.63) is 12.7 Å². The van der Waals surface area contributed by atoms with Gasteiger partial charge in [-0.1, -0.05) is 13.8 Å². The maximum Gasteiger partial charge on any atom is 0.244 e. The third-order valence-electron chi connectivity index (χ3n) is 4.76. The zero-order chi connectivity index (χ0) is 16.4. The Morgan fingerprint density at radius 1 is 1.39 bits per heavy atom. The average molecular weight is 319 g/mol. The molecule has 3 rings (SSSR count). The maximum atomic E-state index is 12.5. The Balaban J connectivity index is 1.70. The summed E-state index contributed by atoms with van der Waals surface area (Å²) in [5.41, 5.74) is 0. The summed E-state index contributed by atoms with van der Waals surface area (Å²) in [6.07, 6.45) is 5.83. The molecule has 1 aromatic heterocycles. The molecule has 2 heterocycles. The van der Waals surface area contributed by atoms with Crippen molar-refractivity contribution >= 4 is 11.8 Å². The molecule has 1 aliphatic heterocycles. The topological polar surface area (TPSA) is 71.3 Å². The normalized spacial score (nSPS) is 22.6. The molecule has 1 atom stereocenters. The predicted molar refractivity (Wildman–Crippen MR) is 84.3 cm³/mol. The molecule has 2 fully saturated rings. The highest BCUT2D eigenvalue weighted by molar-refractivity contribution is 5.80. The third-order valence-corrected chi connectivity index (χ3v) is 4.76. The summed E-state index contributed by atoms with van der Waals surface area (Å²) >= 11 is 0. The van der Waals surface area contributed by atoms with Crippen molar-refractivity contribution in [2.24, 2.45) is 11.8 Å². The van der Waals surface area contributed by atoms with Gasteiger partial charge in [0.15, 0.2) is 0 Å². The van der Waals surface area contributed by atoms with Gasteiger partial charge in [0.2, 0.25) is 11.8 Å². The first-order chi connectivity index (χ1) is 11.0. The summed E-state index contributed by atoms with van der Waals surface area (Å²) in [6.45, 7) is 6.40. The van der Waals surface area contributed by atoms with Gasteiger partial charge in [0, 0.05) is 26.1 Å². The van der Waals surface area contributed by atoms with Crippen molar-refractivity contribution in [3.63, 3.8) is 0 Å². The number of carbonyl (C=O) groups excluding carboxylic acids is 2. The molecule has 1 saturated carbocycles. The number of aromatic nitrogens is 3. The van der Waals surface area contributed by atoms with Crippen molar-refractivity contribution < 1.29 is 9.59 Å². The second-order valence-corrected chi connectivity index (χ2v) is 6.98. The summed E-state index contributed by atoms with van der Waals surface area (Å²) in [4.78, 5) is 32.8. The molecule has 0 N–H and O–H groups in total. The lowest BCUT2D eigenvalue weighted by Gasteiger charge is -2.34. The first kappa shape index (κ1) is 16.0. The highest BCUT2D eigenvalue weighted by Crippen LogP contribution is 2.32. The van der Waals surface area contributed by atoms with Crippen LogP contribution in [0.2, 0.25) is 0 Å². The third kappa shape index (κ3) is 3.89. The van der Waals surface area contributed by atoms with Crippen molar-refractivity contribution in [3.8, 4) is 0 Å². The van der Waals surface area contributed by atoms with Gasteiger partial charge < -0.3 is 9.80 Å². The molecule has 1 saturated heterocycles. The molecular formula is C16H25N5O2. The molecule has 0 unspecified atom stereocenters. The quantitative estimate of drug-likeness (QED) is 0.804. The van der Waals surface area contributed by atoms with Gasteiger partial charge >= 0.3 is 0 Å². The van der Waals surface area contributed by atoms with Gasteiger partial charge in [0.1, 0.15) is 19.2 Å². The molecule has 126 valence electrons. The van der Waals surface area contributed by atoms with Gasteiger partial charge in [0.05, 0.1) is 6.04 Å². The van der Waals surface area contributed by atoms with Crippen molar-refractivity contribution in [2.75, 3.05) is 19.6 Å². The molecule has 0 aromatic carbocycles. The summed E-state index contributed by atoms with van der Waals surface area (Å²) < 4.78 is 1.53. The molecule has 23 heavy (non-hydrogen) atoms. The minimum Gasteiger partial charge on any atom is -0.338 e. The molecule has 2 aliphatic rings. The maximum absolute atomic E-state index is 12.5. The van der Waals surface area contributed by atoms with E-state index < -0.39 is 0 Å². The first-order valence-electron chi connectivity index (χ1n) is 8.44. The molecule has 2 amide bonds. The summed E-state index contributed by atoms with van der Waals surface area (Å²) in [5, 5.41) is 3.99. The molecule has 0 radical (unpaired) electrons. The van der Waals surface area contributed by atoms with Crippen LogP contribution in [0.15, 0.2) is 12.7 Å². The van der Waals surface area contributed by atoms with Crippen LogP contribution in [0.3, 0.4) is 0 Å². The highest BCUT2D eigenvalue weighted by Gasteiger charge is 2.36. The number of hydrogen-bond acceptors (Lipinski definition) is 4. The zero-order valence-corrected chi connectivity index (χ0v) is 13.9. The minimum atomic E-state index is 0.00206. The standard InChI is InChI=1S/C16H25N5O2/c1-12(2)14-8-19(16(23)9-20-11-17-10-18-20)6-5-15(22)21(14)7-13-3-4-13/h10-14H,3-9H2,1-2H3/t14-/m1/s1. The molecular weight excluding hydrogens is 294 g/mol. The monoisotopic (exact) mass is 319 g/mol. The zero-order valence-electron chi connectivity index (χ0n) is 13.9. The Morgan fingerprint density at radius 3 is 2.78 bits per heavy atom. The van der Waals surface area contributed by atoms with Gasteiger partial charge in [-0.25, -0.2) is 9.67 Å². The van der Waals surface area contributed by atoms with Crippen LogP contribution in [0.25, 0.3) is 0 Å². The van der Waals surface area contributed by atoms with Crippen LogP contribution in [-0.2, 0) is 16.1 Å². The van der Waals surface area contributed by atoms with E-state index in [4.69, 9.17) is 0 Å². The molecule has 0 spiro atoms. The smallest absolute Gasteiger partial charge is 0.244 e. The fourth-order valence-corrected chi connectivity index (χ4v) is 3.14. The molecule has 1 aromatic rings. The summed E-state index contributed by atoms with van der Waals surface area (Å²) in [5.74, 6) is 1.18. The fourth-order valence-electron chi connectivity index (χ4n) is 3.14. The van der Waals surface area contributed by atoms with Gasteiger partial charge in [-0.3, -0.25) is 9.59 Å². The highest BCUT2D eigenvalue weighted by atomic mass is 16.2. The number of hydrogen-bond donors (Lipinski definition) is 0. The predicted octanol–water partition coefficient (Wildman–Crippen LogP) is 0.774. The Labute approximate surface area is 136 Å². The molecule has 1 aliphatic carbocycles. The second-order valence-electron chi connectivity index (χ2n) is 6.98. The van der Waals surface area contributed by atoms with Crippen LogP contribution in [-0.4, -0.2) is 62.1 Å². The lowest BCUT2D eigenvalue weighted by molar-refractivity contribution is -0.134. The van der Waals surface area contributed by atoms with E-state index in [2.05, 4.69) is 23.9 Å². The largest absolute Gasteiger partial charge is 0.338 e. The van der Waals surface area contributed by atoms with E-state index in [0.717, 1.165) is 6.54 Å². The van der Waals surface area contributed by atoms with Crippen molar-refractivity contribution in [2.45, 2.75) is 45.7 Å². The van der Waals surface area contributed by atoms with Crippen LogP contribution >= 0.6 is 0 Å². The number of amides is 2. The SMILES string of the molecule is CC(C)[C@H]1CN(C(=O)Cn2cncn2)CCC(=O)N1CC1CC1. The summed E-state index contributed by atoms with van der Waals surface area (Å²) in [7, 11) is 0. The number of carbonyl (C=O) groups is 2. The molecule has 0 bridgehead atoms. The van der Waals surface area contributed by atoms with Crippen LogP contribution in [0.5, 0.6) is 0 Å². The second kappa shape index (κ2) is 6.68. The van der Waals surface area contributed by atoms with Crippen LogP contribution in [0.4, 0.5) is 0 Å². The van der Waals surface area contributed by atoms with Crippen LogP contribution < -0.4 is 0 Å². The minimum absolute atomic E-state index is 0.00206. The Bertz CT molecular complexity index is 553. The first-order valence-corrected chi connectivity index (χ1v) is 8.44. The number of rotatable bonds is 5. The lowest BCUT2D eigenvalue weighted by atomic mass is 10.0. The van der Waals surface area contributed by atoms with Crippen LogP contribution in [0.1, 0.15) is 33.1 Å². The van der Waals surface area contributed by atoms with Gasteiger partial charge in [-0.15, -0.1) is 0 Å². The van der Waals surface area contributed by atoms with E-state index in [1.54, 1.807) is 6.33 Å². The Morgan fingerprint density at radius 2 is 2.17 bits per heavy atom. The van der Waals surface area contributed by atoms with Crippen molar-refractivity contribution in [1.82, 2.24) is 24.6 Å². The molecule has 7 nitrogen and oxygen atoms in total. The Hall–Kier alpha value is -1.92. The molecule has 7 heteroatoms. The van der Waals surface area contributed by atoms with Gasteiger partial charge in [0.25, 0.3) is 0 Å². The average Bonchev–Trinajstić information content (AvgIpc) is 3.22. The van der Waals surface area contributed by atoms with E-state index in [0.29, 0.717) is 31.3 Å². The lowest BCUT2D eigenvalue weighted by Crippen LogP contribution is -2.48. The van der Waals surface area contributed by atoms with E-state index in [1.165, 1.54) is 23.9 Å².